The van der Waals surface area contributed by atoms with E-state index in [4.69, 9.17) is 19.5 Å². The van der Waals surface area contributed by atoms with Crippen LogP contribution in [0.3, 0.4) is 0 Å². The predicted molar refractivity (Wildman–Crippen MR) is 125 cm³/mol. The Kier molecular flexibility index (Phi) is 9.21. The van der Waals surface area contributed by atoms with E-state index < -0.39 is 11.7 Å². The van der Waals surface area contributed by atoms with Gasteiger partial charge in [-0.25, -0.2) is 4.39 Å². The maximum Gasteiger partial charge on any atom is 0.266 e. The zero-order valence-corrected chi connectivity index (χ0v) is 20.3. The van der Waals surface area contributed by atoms with E-state index in [-0.39, 0.29) is 31.1 Å². The van der Waals surface area contributed by atoms with E-state index in [0.29, 0.717) is 30.5 Å². The van der Waals surface area contributed by atoms with E-state index in [1.165, 1.54) is 13.8 Å². The molecule has 3 N–H and O–H groups in total. The van der Waals surface area contributed by atoms with Crippen LogP contribution in [0.1, 0.15) is 58.8 Å². The van der Waals surface area contributed by atoms with E-state index in [1.54, 1.807) is 0 Å². The van der Waals surface area contributed by atoms with Crippen LogP contribution in [0.25, 0.3) is 0 Å². The number of aliphatic hydroxyl groups excluding tert-OH is 2. The highest BCUT2D eigenvalue weighted by Crippen LogP contribution is 2.28. The molecule has 1 saturated heterocycles. The Hall–Kier alpha value is -2.30. The van der Waals surface area contributed by atoms with Crippen LogP contribution in [0.2, 0.25) is 0 Å². The summed E-state index contributed by atoms with van der Waals surface area (Å²) >= 11 is 0. The van der Waals surface area contributed by atoms with Gasteiger partial charge in [0.25, 0.3) is 17.7 Å². The van der Waals surface area contributed by atoms with Crippen LogP contribution in [0.4, 0.5) is 10.3 Å². The van der Waals surface area contributed by atoms with Gasteiger partial charge in [-0.3, -0.25) is 4.79 Å². The largest absolute Gasteiger partial charge is 0.394 e. The van der Waals surface area contributed by atoms with Crippen LogP contribution in [0, 0.1) is 5.92 Å². The van der Waals surface area contributed by atoms with Gasteiger partial charge in [-0.15, -0.1) is 0 Å². The Morgan fingerprint density at radius 3 is 2.65 bits per heavy atom. The summed E-state index contributed by atoms with van der Waals surface area (Å²) in [5.74, 6) is 0.785. The summed E-state index contributed by atoms with van der Waals surface area (Å²) in [7, 11) is 0. The van der Waals surface area contributed by atoms with Crippen LogP contribution < -0.4 is 10.2 Å². The summed E-state index contributed by atoms with van der Waals surface area (Å²) in [5.41, 5.74) is -0.249. The van der Waals surface area contributed by atoms with Crippen molar-refractivity contribution >= 4 is 11.9 Å². The highest BCUT2D eigenvalue weighted by Gasteiger charge is 2.29. The second-order valence-corrected chi connectivity index (χ2v) is 9.59. The molecule has 0 bridgehead atoms. The first-order chi connectivity index (χ1) is 16.2. The lowest BCUT2D eigenvalue weighted by Crippen LogP contribution is -2.41. The van der Waals surface area contributed by atoms with Crippen LogP contribution >= 0.6 is 0 Å². The molecular formula is C24H37FN4O5. The number of piperidine rings is 1. The van der Waals surface area contributed by atoms with E-state index >= 15 is 0 Å². The fourth-order valence-electron chi connectivity index (χ4n) is 4.25. The normalized spacial score (nSPS) is 19.9. The average molecular weight is 481 g/mol. The van der Waals surface area contributed by atoms with Gasteiger partial charge in [0.05, 0.1) is 25.4 Å². The number of nitrogens with one attached hydrogen (secondary N) is 1. The Morgan fingerprint density at radius 1 is 1.35 bits per heavy atom. The van der Waals surface area contributed by atoms with Crippen molar-refractivity contribution in [1.29, 1.82) is 0 Å². The Bertz CT molecular complexity index is 867. The molecule has 1 fully saturated rings. The highest BCUT2D eigenvalue weighted by molar-refractivity contribution is 5.98. The Morgan fingerprint density at radius 2 is 2.06 bits per heavy atom. The third-order valence-corrected chi connectivity index (χ3v) is 6.35. The Labute approximate surface area is 200 Å². The molecule has 1 aromatic rings. The summed E-state index contributed by atoms with van der Waals surface area (Å²) in [6.07, 6.45) is 8.45. The molecule has 0 aromatic carbocycles. The molecule has 1 aliphatic heterocycles. The van der Waals surface area contributed by atoms with Gasteiger partial charge < -0.3 is 29.7 Å². The highest BCUT2D eigenvalue weighted by atomic mass is 19.1. The molecule has 1 aliphatic carbocycles. The summed E-state index contributed by atoms with van der Waals surface area (Å²) < 4.78 is 25.0. The molecule has 1 amide bonds. The minimum absolute atomic E-state index is 0.0101. The number of aromatic nitrogens is 2. The molecule has 3 rings (SSSR count). The standard InChI is InChI=1S/C24H37FN4O5/c1-16-13-19(6-7-20(16)21(32)26-18(14-30)15-31)33-12-4-5-17-8-10-29(11-9-17)23-27-22(34-28-23)24(2,3)25/h7,13,17-19,30-31H,4-6,8-12,14-15H2,1-3H3,(H,26,32). The van der Waals surface area contributed by atoms with E-state index in [0.717, 1.165) is 44.3 Å². The SMILES string of the molecule is CC1=CC(OCCCC2CCN(c3noc(C(C)(C)F)n3)CC2)CC=C1C(=O)NC(CO)CO. The summed E-state index contributed by atoms with van der Waals surface area (Å²) in [4.78, 5) is 18.6. The van der Waals surface area contributed by atoms with Gasteiger partial charge in [0, 0.05) is 25.3 Å². The molecule has 1 aromatic heterocycles. The molecule has 34 heavy (non-hydrogen) atoms. The van der Waals surface area contributed by atoms with Crippen molar-refractivity contribution in [1.82, 2.24) is 15.5 Å². The number of carbonyl (C=O) groups is 1. The van der Waals surface area contributed by atoms with E-state index in [2.05, 4.69) is 15.5 Å². The minimum atomic E-state index is -1.64. The smallest absolute Gasteiger partial charge is 0.266 e. The Balaban J connectivity index is 1.34. The van der Waals surface area contributed by atoms with Crippen molar-refractivity contribution in [2.75, 3.05) is 37.8 Å². The van der Waals surface area contributed by atoms with Gasteiger partial charge in [0.15, 0.2) is 5.67 Å². The lowest BCUT2D eigenvalue weighted by molar-refractivity contribution is -0.118. The van der Waals surface area contributed by atoms with Crippen molar-refractivity contribution in [3.8, 4) is 0 Å². The molecule has 190 valence electrons. The molecule has 9 nitrogen and oxygen atoms in total. The molecule has 2 heterocycles. The van der Waals surface area contributed by atoms with Crippen molar-refractivity contribution in [2.24, 2.45) is 5.92 Å². The first-order valence-electron chi connectivity index (χ1n) is 12.0. The quantitative estimate of drug-likeness (QED) is 0.413. The van der Waals surface area contributed by atoms with Crippen molar-refractivity contribution in [2.45, 2.75) is 70.7 Å². The fourth-order valence-corrected chi connectivity index (χ4v) is 4.25. The molecule has 0 saturated carbocycles. The number of alkyl halides is 1. The average Bonchev–Trinajstić information content (AvgIpc) is 3.32. The van der Waals surface area contributed by atoms with E-state index in [1.807, 2.05) is 24.0 Å². The monoisotopic (exact) mass is 480 g/mol. The molecule has 2 aliphatic rings. The molecular weight excluding hydrogens is 443 g/mol. The second kappa shape index (κ2) is 11.9. The fraction of sp³-hybridized carbons (Fsp3) is 0.708. The van der Waals surface area contributed by atoms with Gasteiger partial charge in [-0.2, -0.15) is 4.98 Å². The predicted octanol–water partition coefficient (Wildman–Crippen LogP) is 2.40. The summed E-state index contributed by atoms with van der Waals surface area (Å²) in [6.45, 7) is 6.36. The van der Waals surface area contributed by atoms with Crippen LogP contribution in [0.5, 0.6) is 0 Å². The topological polar surface area (TPSA) is 121 Å². The van der Waals surface area contributed by atoms with Gasteiger partial charge >= 0.3 is 0 Å². The van der Waals surface area contributed by atoms with Gasteiger partial charge in [0.1, 0.15) is 0 Å². The number of hydrogen-bond donors (Lipinski definition) is 3. The van der Waals surface area contributed by atoms with E-state index in [9.17, 15) is 9.18 Å². The van der Waals surface area contributed by atoms with Crippen molar-refractivity contribution in [3.05, 3.63) is 29.2 Å². The number of carbonyl (C=O) groups excluding carboxylic acids is 1. The molecule has 0 radical (unpaired) electrons. The summed E-state index contributed by atoms with van der Waals surface area (Å²) in [5, 5.41) is 24.8. The van der Waals surface area contributed by atoms with Crippen LogP contribution in [-0.4, -0.2) is 71.3 Å². The first kappa shape index (κ1) is 26.3. The lowest BCUT2D eigenvalue weighted by atomic mass is 9.92. The third kappa shape index (κ3) is 7.10. The lowest BCUT2D eigenvalue weighted by Gasteiger charge is -2.31. The van der Waals surface area contributed by atoms with Gasteiger partial charge in [-0.05, 0) is 69.5 Å². The maximum atomic E-state index is 14.0. The zero-order valence-electron chi connectivity index (χ0n) is 20.3. The number of anilines is 1. The maximum absolute atomic E-state index is 14.0. The molecule has 1 atom stereocenters. The van der Waals surface area contributed by atoms with Crippen LogP contribution in [-0.2, 0) is 15.2 Å². The van der Waals surface area contributed by atoms with Gasteiger partial charge in [0.2, 0.25) is 0 Å². The van der Waals surface area contributed by atoms with Crippen molar-refractivity contribution in [3.63, 3.8) is 0 Å². The number of halogens is 1. The zero-order chi connectivity index (χ0) is 24.7. The number of nitrogens with zero attached hydrogens (tertiary/aromatic N) is 3. The first-order valence-corrected chi connectivity index (χ1v) is 12.0. The number of aliphatic hydroxyl groups is 2. The minimum Gasteiger partial charge on any atom is -0.394 e. The molecule has 1 unspecified atom stereocenters. The van der Waals surface area contributed by atoms with Crippen molar-refractivity contribution < 1.29 is 28.7 Å². The number of ether oxygens (including phenoxy) is 1. The van der Waals surface area contributed by atoms with Gasteiger partial charge in [-0.1, -0.05) is 12.2 Å². The number of amides is 1. The molecule has 10 heteroatoms. The third-order valence-electron chi connectivity index (χ3n) is 6.35. The second-order valence-electron chi connectivity index (χ2n) is 9.59. The van der Waals surface area contributed by atoms with Crippen LogP contribution in [0.15, 0.2) is 27.8 Å². The molecule has 0 spiro atoms. The number of rotatable bonds is 11. The number of hydrogen-bond acceptors (Lipinski definition) is 8. The summed E-state index contributed by atoms with van der Waals surface area (Å²) in [6, 6.07) is -0.658.